The van der Waals surface area contributed by atoms with Crippen molar-refractivity contribution in [3.05, 3.63) is 65.5 Å². The number of hydrogen-bond donors (Lipinski definition) is 2. The maximum atomic E-state index is 10.1. The number of aliphatic hydroxyl groups is 1. The highest BCUT2D eigenvalue weighted by Gasteiger charge is 2.29. The van der Waals surface area contributed by atoms with Crippen molar-refractivity contribution in [2.75, 3.05) is 0 Å². The summed E-state index contributed by atoms with van der Waals surface area (Å²) in [6.07, 6.45) is 2.18. The summed E-state index contributed by atoms with van der Waals surface area (Å²) in [6, 6.07) is 14.1. The van der Waals surface area contributed by atoms with Gasteiger partial charge in [0.25, 0.3) is 0 Å². The van der Waals surface area contributed by atoms with Crippen LogP contribution in [0.4, 0.5) is 0 Å². The first kappa shape index (κ1) is 11.4. The number of benzene rings is 1. The first-order valence-electron chi connectivity index (χ1n) is 6.24. The highest BCUT2D eigenvalue weighted by Crippen LogP contribution is 2.31. The molecule has 1 heterocycles. The van der Waals surface area contributed by atoms with E-state index < -0.39 is 0 Å². The van der Waals surface area contributed by atoms with Crippen LogP contribution in [0.25, 0.3) is 0 Å². The average Bonchev–Trinajstić information content (AvgIpc) is 2.73. The molecule has 2 N–H and O–H groups in total. The SMILES string of the molecule is O[C@@H]1Cc2ccccc2[C@@H]1NCc1ccccn1. The highest BCUT2D eigenvalue weighted by molar-refractivity contribution is 5.36. The Bertz CT molecular complexity index is 527. The summed E-state index contributed by atoms with van der Waals surface area (Å²) in [4.78, 5) is 4.28. The minimum atomic E-state index is -0.342. The van der Waals surface area contributed by atoms with Crippen LogP contribution in [0, 0.1) is 0 Å². The van der Waals surface area contributed by atoms with Crippen molar-refractivity contribution in [3.8, 4) is 0 Å². The summed E-state index contributed by atoms with van der Waals surface area (Å²) < 4.78 is 0. The van der Waals surface area contributed by atoms with E-state index >= 15 is 0 Å². The van der Waals surface area contributed by atoms with Gasteiger partial charge in [0.15, 0.2) is 0 Å². The molecule has 18 heavy (non-hydrogen) atoms. The van der Waals surface area contributed by atoms with E-state index in [4.69, 9.17) is 0 Å². The summed E-state index contributed by atoms with van der Waals surface area (Å²) in [6.45, 7) is 0.677. The number of fused-ring (bicyclic) bond motifs is 1. The Labute approximate surface area is 107 Å². The normalized spacial score (nSPS) is 21.8. The Morgan fingerprint density at radius 2 is 2.00 bits per heavy atom. The molecule has 3 nitrogen and oxygen atoms in total. The molecular formula is C15H16N2O. The molecule has 1 aromatic carbocycles. The Morgan fingerprint density at radius 3 is 2.83 bits per heavy atom. The molecule has 2 aromatic rings. The van der Waals surface area contributed by atoms with Gasteiger partial charge in [0, 0.05) is 19.2 Å². The van der Waals surface area contributed by atoms with Crippen LogP contribution in [0.1, 0.15) is 22.9 Å². The molecule has 0 radical (unpaired) electrons. The summed E-state index contributed by atoms with van der Waals surface area (Å²) in [5.74, 6) is 0. The van der Waals surface area contributed by atoms with E-state index in [0.717, 1.165) is 12.1 Å². The largest absolute Gasteiger partial charge is 0.391 e. The predicted octanol–water partition coefficient (Wildman–Crippen LogP) is 1.83. The molecule has 1 aliphatic rings. The zero-order valence-corrected chi connectivity index (χ0v) is 10.1. The Morgan fingerprint density at radius 1 is 1.17 bits per heavy atom. The number of rotatable bonds is 3. The number of nitrogens with zero attached hydrogens (tertiary/aromatic N) is 1. The van der Waals surface area contributed by atoms with Crippen LogP contribution in [0.3, 0.4) is 0 Å². The van der Waals surface area contributed by atoms with Crippen LogP contribution in [-0.2, 0) is 13.0 Å². The molecule has 0 spiro atoms. The average molecular weight is 240 g/mol. The van der Waals surface area contributed by atoms with Crippen LogP contribution >= 0.6 is 0 Å². The fraction of sp³-hybridized carbons (Fsp3) is 0.267. The minimum Gasteiger partial charge on any atom is -0.391 e. The van der Waals surface area contributed by atoms with Gasteiger partial charge in [-0.2, -0.15) is 0 Å². The standard InChI is InChI=1S/C15H16N2O/c18-14-9-11-5-1-2-7-13(11)15(14)17-10-12-6-3-4-8-16-12/h1-8,14-15,17-18H,9-10H2/t14-,15+/m1/s1. The first-order valence-corrected chi connectivity index (χ1v) is 6.24. The molecule has 0 unspecified atom stereocenters. The minimum absolute atomic E-state index is 0.0169. The van der Waals surface area contributed by atoms with E-state index in [1.807, 2.05) is 30.3 Å². The fourth-order valence-corrected chi connectivity index (χ4v) is 2.54. The van der Waals surface area contributed by atoms with Gasteiger partial charge in [0.05, 0.1) is 17.8 Å². The maximum absolute atomic E-state index is 10.1. The van der Waals surface area contributed by atoms with Crippen molar-refractivity contribution in [1.82, 2.24) is 10.3 Å². The Hall–Kier alpha value is -1.71. The molecule has 0 saturated heterocycles. The van der Waals surface area contributed by atoms with Crippen LogP contribution in [0.15, 0.2) is 48.7 Å². The lowest BCUT2D eigenvalue weighted by molar-refractivity contribution is 0.140. The van der Waals surface area contributed by atoms with E-state index in [0.29, 0.717) is 6.54 Å². The molecule has 0 bridgehead atoms. The molecule has 0 amide bonds. The molecular weight excluding hydrogens is 224 g/mol. The van der Waals surface area contributed by atoms with Crippen molar-refractivity contribution in [1.29, 1.82) is 0 Å². The molecule has 0 saturated carbocycles. The fourth-order valence-electron chi connectivity index (χ4n) is 2.54. The summed E-state index contributed by atoms with van der Waals surface area (Å²) in [7, 11) is 0. The third-order valence-corrected chi connectivity index (χ3v) is 3.43. The van der Waals surface area contributed by atoms with Gasteiger partial charge in [0.2, 0.25) is 0 Å². The Balaban J connectivity index is 1.74. The van der Waals surface area contributed by atoms with Crippen LogP contribution in [0.5, 0.6) is 0 Å². The highest BCUT2D eigenvalue weighted by atomic mass is 16.3. The second-order valence-electron chi connectivity index (χ2n) is 4.65. The molecule has 0 fully saturated rings. The van der Waals surface area contributed by atoms with E-state index in [1.165, 1.54) is 11.1 Å². The lowest BCUT2D eigenvalue weighted by Crippen LogP contribution is -2.28. The van der Waals surface area contributed by atoms with Gasteiger partial charge in [-0.25, -0.2) is 0 Å². The predicted molar refractivity (Wildman–Crippen MR) is 70.0 cm³/mol. The van der Waals surface area contributed by atoms with Crippen molar-refractivity contribution < 1.29 is 5.11 Å². The number of nitrogens with one attached hydrogen (secondary N) is 1. The van der Waals surface area contributed by atoms with Gasteiger partial charge in [-0.15, -0.1) is 0 Å². The number of pyridine rings is 1. The second kappa shape index (κ2) is 4.88. The van der Waals surface area contributed by atoms with Crippen LogP contribution in [-0.4, -0.2) is 16.2 Å². The lowest BCUT2D eigenvalue weighted by Gasteiger charge is -2.17. The van der Waals surface area contributed by atoms with Gasteiger partial charge < -0.3 is 10.4 Å². The van der Waals surface area contributed by atoms with Gasteiger partial charge in [-0.1, -0.05) is 30.3 Å². The van der Waals surface area contributed by atoms with Gasteiger partial charge in [0.1, 0.15) is 0 Å². The monoisotopic (exact) mass is 240 g/mol. The molecule has 2 atom stereocenters. The molecule has 0 aliphatic heterocycles. The quantitative estimate of drug-likeness (QED) is 0.860. The summed E-state index contributed by atoms with van der Waals surface area (Å²) in [5.41, 5.74) is 3.44. The molecule has 3 heteroatoms. The number of aliphatic hydroxyl groups excluding tert-OH is 1. The third kappa shape index (κ3) is 2.15. The third-order valence-electron chi connectivity index (χ3n) is 3.43. The van der Waals surface area contributed by atoms with E-state index in [2.05, 4.69) is 22.4 Å². The number of aromatic nitrogens is 1. The lowest BCUT2D eigenvalue weighted by atomic mass is 10.1. The van der Waals surface area contributed by atoms with Crippen molar-refractivity contribution in [2.24, 2.45) is 0 Å². The van der Waals surface area contributed by atoms with Gasteiger partial charge >= 0.3 is 0 Å². The van der Waals surface area contributed by atoms with Crippen molar-refractivity contribution in [2.45, 2.75) is 25.1 Å². The summed E-state index contributed by atoms with van der Waals surface area (Å²) in [5, 5.41) is 13.5. The molecule has 92 valence electrons. The van der Waals surface area contributed by atoms with E-state index in [-0.39, 0.29) is 12.1 Å². The van der Waals surface area contributed by atoms with Crippen LogP contribution in [0.2, 0.25) is 0 Å². The maximum Gasteiger partial charge on any atom is 0.0775 e. The molecule has 1 aliphatic carbocycles. The van der Waals surface area contributed by atoms with Crippen LogP contribution < -0.4 is 5.32 Å². The first-order chi connectivity index (χ1) is 8.84. The van der Waals surface area contributed by atoms with E-state index in [1.54, 1.807) is 6.20 Å². The van der Waals surface area contributed by atoms with Gasteiger partial charge in [-0.05, 0) is 23.3 Å². The smallest absolute Gasteiger partial charge is 0.0775 e. The summed E-state index contributed by atoms with van der Waals surface area (Å²) >= 11 is 0. The molecule has 3 rings (SSSR count). The molecule has 1 aromatic heterocycles. The van der Waals surface area contributed by atoms with Gasteiger partial charge in [-0.3, -0.25) is 4.98 Å². The zero-order valence-electron chi connectivity index (χ0n) is 10.1. The second-order valence-corrected chi connectivity index (χ2v) is 4.65. The Kier molecular flexibility index (Phi) is 3.09. The van der Waals surface area contributed by atoms with Crippen molar-refractivity contribution >= 4 is 0 Å². The number of hydrogen-bond acceptors (Lipinski definition) is 3. The topological polar surface area (TPSA) is 45.1 Å². The van der Waals surface area contributed by atoms with E-state index in [9.17, 15) is 5.11 Å². The van der Waals surface area contributed by atoms with Crippen molar-refractivity contribution in [3.63, 3.8) is 0 Å². The zero-order chi connectivity index (χ0) is 12.4.